The third-order valence-electron chi connectivity index (χ3n) is 3.99. The van der Waals surface area contributed by atoms with Gasteiger partial charge < -0.3 is 15.0 Å². The highest BCUT2D eigenvalue weighted by molar-refractivity contribution is 4.69. The van der Waals surface area contributed by atoms with E-state index < -0.39 is 0 Å². The molecular weight excluding hydrogens is 224 g/mol. The van der Waals surface area contributed by atoms with Crippen LogP contribution in [-0.2, 0) is 4.74 Å². The van der Waals surface area contributed by atoms with Crippen LogP contribution in [0.1, 0.15) is 46.0 Å². The van der Waals surface area contributed by atoms with Gasteiger partial charge in [0.2, 0.25) is 0 Å². The van der Waals surface area contributed by atoms with Gasteiger partial charge in [0.05, 0.1) is 0 Å². The van der Waals surface area contributed by atoms with Gasteiger partial charge in [0.15, 0.2) is 0 Å². The van der Waals surface area contributed by atoms with Crippen molar-refractivity contribution >= 4 is 0 Å². The molecule has 0 saturated carbocycles. The van der Waals surface area contributed by atoms with Gasteiger partial charge in [-0.1, -0.05) is 13.8 Å². The highest BCUT2D eigenvalue weighted by Crippen LogP contribution is 2.15. The smallest absolute Gasteiger partial charge is 0.0469 e. The van der Waals surface area contributed by atoms with E-state index in [-0.39, 0.29) is 0 Å². The molecule has 1 atom stereocenters. The summed E-state index contributed by atoms with van der Waals surface area (Å²) in [6.45, 7) is 9.99. The summed E-state index contributed by atoms with van der Waals surface area (Å²) in [5, 5.41) is 3.55. The van der Waals surface area contributed by atoms with Crippen molar-refractivity contribution in [1.29, 1.82) is 0 Å². The van der Waals surface area contributed by atoms with Gasteiger partial charge in [0.1, 0.15) is 0 Å². The van der Waals surface area contributed by atoms with Crippen LogP contribution in [0.5, 0.6) is 0 Å². The van der Waals surface area contributed by atoms with Crippen molar-refractivity contribution in [3.05, 3.63) is 0 Å². The zero-order chi connectivity index (χ0) is 13.2. The summed E-state index contributed by atoms with van der Waals surface area (Å²) >= 11 is 0. The number of hydrogen-bond donors (Lipinski definition) is 1. The molecule has 0 spiro atoms. The average molecular weight is 256 g/mol. The maximum absolute atomic E-state index is 5.41. The lowest BCUT2D eigenvalue weighted by Crippen LogP contribution is -2.32. The first-order chi connectivity index (χ1) is 8.76. The molecule has 0 bridgehead atoms. The Morgan fingerprint density at radius 3 is 2.61 bits per heavy atom. The van der Waals surface area contributed by atoms with Gasteiger partial charge in [-0.2, -0.15) is 0 Å². The van der Waals surface area contributed by atoms with Crippen molar-refractivity contribution < 1.29 is 4.74 Å². The fourth-order valence-corrected chi connectivity index (χ4v) is 2.81. The van der Waals surface area contributed by atoms with E-state index in [0.717, 1.165) is 25.7 Å². The normalized spacial score (nSPS) is 19.3. The molecule has 0 aliphatic carbocycles. The molecule has 0 amide bonds. The monoisotopic (exact) mass is 256 g/mol. The van der Waals surface area contributed by atoms with Crippen molar-refractivity contribution in [1.82, 2.24) is 10.2 Å². The van der Waals surface area contributed by atoms with Crippen molar-refractivity contribution in [2.45, 2.75) is 52.0 Å². The quantitative estimate of drug-likeness (QED) is 0.686. The Balaban J connectivity index is 2.06. The van der Waals surface area contributed by atoms with Gasteiger partial charge in [0, 0.05) is 25.8 Å². The van der Waals surface area contributed by atoms with Gasteiger partial charge in [-0.15, -0.1) is 0 Å². The second-order valence-electron chi connectivity index (χ2n) is 5.62. The lowest BCUT2D eigenvalue weighted by Gasteiger charge is -2.27. The first kappa shape index (κ1) is 15.9. The molecule has 18 heavy (non-hydrogen) atoms. The van der Waals surface area contributed by atoms with E-state index in [9.17, 15) is 0 Å². The fourth-order valence-electron chi connectivity index (χ4n) is 2.81. The first-order valence-electron chi connectivity index (χ1n) is 7.75. The summed E-state index contributed by atoms with van der Waals surface area (Å²) in [6, 6.07) is 0.714. The lowest BCUT2D eigenvalue weighted by molar-refractivity contribution is 0.0555. The molecule has 1 unspecified atom stereocenters. The number of nitrogens with one attached hydrogen (secondary N) is 1. The van der Waals surface area contributed by atoms with E-state index in [1.165, 1.54) is 45.2 Å². The Labute approximate surface area is 113 Å². The maximum Gasteiger partial charge on any atom is 0.0469 e. The van der Waals surface area contributed by atoms with Crippen molar-refractivity contribution in [3.8, 4) is 0 Å². The number of nitrogens with zero attached hydrogens (tertiary/aromatic N) is 1. The third kappa shape index (κ3) is 6.72. The predicted molar refractivity (Wildman–Crippen MR) is 78.0 cm³/mol. The third-order valence-corrected chi connectivity index (χ3v) is 3.99. The Kier molecular flexibility index (Phi) is 8.64. The molecule has 0 radical (unpaired) electrons. The Bertz CT molecular complexity index is 193. The molecule has 0 aromatic rings. The van der Waals surface area contributed by atoms with E-state index in [1.54, 1.807) is 0 Å². The van der Waals surface area contributed by atoms with Crippen LogP contribution in [0.25, 0.3) is 0 Å². The Hall–Kier alpha value is -0.120. The van der Waals surface area contributed by atoms with Gasteiger partial charge in [-0.25, -0.2) is 0 Å². The second kappa shape index (κ2) is 9.76. The second-order valence-corrected chi connectivity index (χ2v) is 5.62. The van der Waals surface area contributed by atoms with Gasteiger partial charge in [0.25, 0.3) is 0 Å². The summed E-state index contributed by atoms with van der Waals surface area (Å²) in [7, 11) is 2.27. The molecule has 1 N–H and O–H groups in total. The molecule has 0 aromatic heterocycles. The zero-order valence-corrected chi connectivity index (χ0v) is 12.6. The van der Waals surface area contributed by atoms with E-state index >= 15 is 0 Å². The largest absolute Gasteiger partial charge is 0.381 e. The molecule has 3 heteroatoms. The maximum atomic E-state index is 5.41. The van der Waals surface area contributed by atoms with E-state index in [2.05, 4.69) is 31.1 Å². The Morgan fingerprint density at radius 2 is 2.00 bits per heavy atom. The molecule has 1 aliphatic rings. The minimum Gasteiger partial charge on any atom is -0.381 e. The zero-order valence-electron chi connectivity index (χ0n) is 12.6. The number of hydrogen-bond acceptors (Lipinski definition) is 3. The highest BCUT2D eigenvalue weighted by atomic mass is 16.5. The van der Waals surface area contributed by atoms with Crippen LogP contribution in [0, 0.1) is 5.92 Å². The van der Waals surface area contributed by atoms with Crippen LogP contribution in [0.15, 0.2) is 0 Å². The summed E-state index contributed by atoms with van der Waals surface area (Å²) in [5.41, 5.74) is 0. The fraction of sp³-hybridized carbons (Fsp3) is 1.00. The molecule has 1 fully saturated rings. The molecule has 1 rings (SSSR count). The van der Waals surface area contributed by atoms with Crippen LogP contribution in [0.3, 0.4) is 0 Å². The minimum absolute atomic E-state index is 0.714. The average Bonchev–Trinajstić information content (AvgIpc) is 2.39. The van der Waals surface area contributed by atoms with E-state index in [1.807, 2.05) is 0 Å². The molecule has 1 heterocycles. The first-order valence-corrected chi connectivity index (χ1v) is 7.75. The number of ether oxygens (including phenoxy) is 1. The molecule has 3 nitrogen and oxygen atoms in total. The van der Waals surface area contributed by atoms with Crippen LogP contribution >= 0.6 is 0 Å². The summed E-state index contributed by atoms with van der Waals surface area (Å²) < 4.78 is 5.41. The summed E-state index contributed by atoms with van der Waals surface area (Å²) in [4.78, 5) is 2.51. The van der Waals surface area contributed by atoms with Crippen LogP contribution < -0.4 is 5.32 Å². The summed E-state index contributed by atoms with van der Waals surface area (Å²) in [6.07, 6.45) is 6.36. The van der Waals surface area contributed by atoms with Crippen LogP contribution in [0.4, 0.5) is 0 Å². The van der Waals surface area contributed by atoms with E-state index in [4.69, 9.17) is 4.74 Å². The van der Waals surface area contributed by atoms with Crippen LogP contribution in [0.2, 0.25) is 0 Å². The summed E-state index contributed by atoms with van der Waals surface area (Å²) in [5.74, 6) is 0.861. The standard InChI is InChI=1S/C15H32N2O/c1-4-15(16-5-2)7-6-10-17(3)13-14-8-11-18-12-9-14/h14-16H,4-13H2,1-3H3. The molecule has 1 aliphatic heterocycles. The topological polar surface area (TPSA) is 24.5 Å². The van der Waals surface area contributed by atoms with Crippen LogP contribution in [-0.4, -0.2) is 50.8 Å². The van der Waals surface area contributed by atoms with Gasteiger partial charge in [-0.05, 0) is 58.2 Å². The van der Waals surface area contributed by atoms with Gasteiger partial charge >= 0.3 is 0 Å². The lowest BCUT2D eigenvalue weighted by atomic mass is 9.99. The van der Waals surface area contributed by atoms with Crippen molar-refractivity contribution in [2.75, 3.05) is 39.9 Å². The van der Waals surface area contributed by atoms with Crippen molar-refractivity contribution in [3.63, 3.8) is 0 Å². The van der Waals surface area contributed by atoms with Crippen molar-refractivity contribution in [2.24, 2.45) is 5.92 Å². The molecule has 0 aromatic carbocycles. The highest BCUT2D eigenvalue weighted by Gasteiger charge is 2.15. The molecule has 1 saturated heterocycles. The SMILES string of the molecule is CCNC(CC)CCCN(C)CC1CCOCC1. The van der Waals surface area contributed by atoms with Gasteiger partial charge in [-0.3, -0.25) is 0 Å². The predicted octanol–water partition coefficient (Wildman–Crippen LogP) is 2.51. The Morgan fingerprint density at radius 1 is 1.28 bits per heavy atom. The minimum atomic E-state index is 0.714. The molecular formula is C15H32N2O. The number of rotatable bonds is 9. The molecule has 108 valence electrons. The van der Waals surface area contributed by atoms with E-state index in [0.29, 0.717) is 6.04 Å².